The molecule has 22 heavy (non-hydrogen) atoms. The Labute approximate surface area is 136 Å². The van der Waals surface area contributed by atoms with Gasteiger partial charge in [0.15, 0.2) is 0 Å². The molecule has 1 saturated heterocycles. The monoisotopic (exact) mass is 314 g/mol. The zero-order valence-corrected chi connectivity index (χ0v) is 13.5. The minimum Gasteiger partial charge on any atom is -0.355 e. The van der Waals surface area contributed by atoms with E-state index < -0.39 is 0 Å². The van der Waals surface area contributed by atoms with E-state index in [0.717, 1.165) is 32.5 Å². The molecule has 0 radical (unpaired) electrons. The van der Waals surface area contributed by atoms with Crippen molar-refractivity contribution < 1.29 is 4.79 Å². The lowest BCUT2D eigenvalue weighted by molar-refractivity contribution is -0.121. The van der Waals surface area contributed by atoms with Crippen LogP contribution in [-0.2, 0) is 11.2 Å². The van der Waals surface area contributed by atoms with Crippen LogP contribution in [-0.4, -0.2) is 37.0 Å². The summed E-state index contributed by atoms with van der Waals surface area (Å²) in [5.41, 5.74) is 2.69. The first kappa shape index (κ1) is 15.3. The molecular weight excluding hydrogens is 292 g/mol. The summed E-state index contributed by atoms with van der Waals surface area (Å²) in [6.07, 6.45) is 2.06. The van der Waals surface area contributed by atoms with E-state index in [0.29, 0.717) is 12.5 Å². The summed E-state index contributed by atoms with van der Waals surface area (Å²) in [5, 5.41) is 7.24. The van der Waals surface area contributed by atoms with Crippen molar-refractivity contribution in [3.63, 3.8) is 0 Å². The summed E-state index contributed by atoms with van der Waals surface area (Å²) in [6, 6.07) is 12.7. The average molecular weight is 314 g/mol. The number of benzene rings is 1. The Balaban J connectivity index is 1.39. The van der Waals surface area contributed by atoms with E-state index in [1.54, 1.807) is 11.3 Å². The number of hydrogen-bond donors (Lipinski definition) is 1. The van der Waals surface area contributed by atoms with Gasteiger partial charge in [0.1, 0.15) is 0 Å². The van der Waals surface area contributed by atoms with Gasteiger partial charge in [-0.25, -0.2) is 0 Å². The third kappa shape index (κ3) is 4.18. The standard InChI is InChI=1S/C18H22N2OS/c21-18(19-9-6-15-8-11-22-14-15)13-20-10-7-17(12-20)16-4-2-1-3-5-16/h1-5,8,11,14,17H,6-7,9-10,12-13H2,(H,19,21). The molecule has 1 aliphatic heterocycles. The van der Waals surface area contributed by atoms with Crippen molar-refractivity contribution in [2.75, 3.05) is 26.2 Å². The largest absolute Gasteiger partial charge is 0.355 e. The Bertz CT molecular complexity index is 582. The molecule has 0 bridgehead atoms. The van der Waals surface area contributed by atoms with Crippen LogP contribution >= 0.6 is 11.3 Å². The van der Waals surface area contributed by atoms with Crippen LogP contribution in [0.1, 0.15) is 23.5 Å². The van der Waals surface area contributed by atoms with Crippen LogP contribution in [0.3, 0.4) is 0 Å². The molecule has 4 heteroatoms. The van der Waals surface area contributed by atoms with E-state index >= 15 is 0 Å². The molecule has 1 atom stereocenters. The highest BCUT2D eigenvalue weighted by Crippen LogP contribution is 2.26. The summed E-state index contributed by atoms with van der Waals surface area (Å²) >= 11 is 1.70. The lowest BCUT2D eigenvalue weighted by Crippen LogP contribution is -2.36. The van der Waals surface area contributed by atoms with E-state index in [1.165, 1.54) is 11.1 Å². The summed E-state index contributed by atoms with van der Waals surface area (Å²) in [5.74, 6) is 0.712. The number of likely N-dealkylation sites (tertiary alicyclic amines) is 1. The van der Waals surface area contributed by atoms with Gasteiger partial charge in [0.05, 0.1) is 6.54 Å². The number of carbonyl (C=O) groups excluding carboxylic acids is 1. The zero-order valence-electron chi connectivity index (χ0n) is 12.7. The lowest BCUT2D eigenvalue weighted by Gasteiger charge is -2.16. The number of nitrogens with zero attached hydrogens (tertiary/aromatic N) is 1. The maximum Gasteiger partial charge on any atom is 0.234 e. The topological polar surface area (TPSA) is 32.3 Å². The van der Waals surface area contributed by atoms with E-state index in [-0.39, 0.29) is 5.91 Å². The summed E-state index contributed by atoms with van der Waals surface area (Å²) < 4.78 is 0. The van der Waals surface area contributed by atoms with Crippen LogP contribution in [0.5, 0.6) is 0 Å². The Hall–Kier alpha value is -1.65. The van der Waals surface area contributed by atoms with Gasteiger partial charge in [-0.15, -0.1) is 0 Å². The second-order valence-electron chi connectivity index (χ2n) is 5.86. The molecule has 3 nitrogen and oxygen atoms in total. The second kappa shape index (κ2) is 7.56. The number of nitrogens with one attached hydrogen (secondary N) is 1. The van der Waals surface area contributed by atoms with E-state index in [1.807, 2.05) is 0 Å². The lowest BCUT2D eigenvalue weighted by atomic mass is 9.99. The van der Waals surface area contributed by atoms with Gasteiger partial charge in [0.25, 0.3) is 0 Å². The third-order valence-electron chi connectivity index (χ3n) is 4.23. The first-order chi connectivity index (χ1) is 10.8. The highest BCUT2D eigenvalue weighted by Gasteiger charge is 2.24. The van der Waals surface area contributed by atoms with Gasteiger partial charge in [-0.1, -0.05) is 30.3 Å². The highest BCUT2D eigenvalue weighted by atomic mass is 32.1. The SMILES string of the molecule is O=C(CN1CCC(c2ccccc2)C1)NCCc1ccsc1. The summed E-state index contributed by atoms with van der Waals surface area (Å²) in [6.45, 7) is 3.25. The van der Waals surface area contributed by atoms with Crippen molar-refractivity contribution in [2.45, 2.75) is 18.8 Å². The Morgan fingerprint density at radius 3 is 2.91 bits per heavy atom. The smallest absolute Gasteiger partial charge is 0.234 e. The fourth-order valence-corrected chi connectivity index (χ4v) is 3.72. The number of rotatable bonds is 6. The van der Waals surface area contributed by atoms with Crippen LogP contribution in [0, 0.1) is 0 Å². The molecule has 1 amide bonds. The van der Waals surface area contributed by atoms with Gasteiger partial charge < -0.3 is 5.32 Å². The molecule has 0 spiro atoms. The van der Waals surface area contributed by atoms with Crippen molar-refractivity contribution in [3.8, 4) is 0 Å². The minimum absolute atomic E-state index is 0.143. The highest BCUT2D eigenvalue weighted by molar-refractivity contribution is 7.07. The summed E-state index contributed by atoms with van der Waals surface area (Å²) in [4.78, 5) is 14.3. The van der Waals surface area contributed by atoms with Gasteiger partial charge in [-0.2, -0.15) is 11.3 Å². The predicted octanol–water partition coefficient (Wildman–Crippen LogP) is 2.90. The minimum atomic E-state index is 0.143. The van der Waals surface area contributed by atoms with Crippen molar-refractivity contribution in [3.05, 3.63) is 58.3 Å². The second-order valence-corrected chi connectivity index (χ2v) is 6.64. The molecule has 2 heterocycles. The molecule has 2 aromatic rings. The number of hydrogen-bond acceptors (Lipinski definition) is 3. The number of thiophene rings is 1. The van der Waals surface area contributed by atoms with E-state index in [9.17, 15) is 4.79 Å². The molecule has 0 saturated carbocycles. The number of amides is 1. The van der Waals surface area contributed by atoms with Gasteiger partial charge in [-0.05, 0) is 53.3 Å². The van der Waals surface area contributed by atoms with Crippen LogP contribution < -0.4 is 5.32 Å². The van der Waals surface area contributed by atoms with Gasteiger partial charge >= 0.3 is 0 Å². The predicted molar refractivity (Wildman–Crippen MR) is 91.3 cm³/mol. The summed E-state index contributed by atoms with van der Waals surface area (Å²) in [7, 11) is 0. The van der Waals surface area contributed by atoms with E-state index in [4.69, 9.17) is 0 Å². The molecule has 3 rings (SSSR count). The Kier molecular flexibility index (Phi) is 5.24. The molecular formula is C18H22N2OS. The zero-order chi connectivity index (χ0) is 15.2. The number of carbonyl (C=O) groups is 1. The molecule has 1 fully saturated rings. The first-order valence-corrected chi connectivity index (χ1v) is 8.80. The molecule has 1 aromatic heterocycles. The molecule has 1 unspecified atom stereocenters. The van der Waals surface area contributed by atoms with Crippen LogP contribution in [0.4, 0.5) is 0 Å². The quantitative estimate of drug-likeness (QED) is 0.889. The van der Waals surface area contributed by atoms with Crippen molar-refractivity contribution in [1.82, 2.24) is 10.2 Å². The van der Waals surface area contributed by atoms with Crippen LogP contribution in [0.2, 0.25) is 0 Å². The van der Waals surface area contributed by atoms with Crippen molar-refractivity contribution in [1.29, 1.82) is 0 Å². The molecule has 0 aliphatic carbocycles. The molecule has 1 aromatic carbocycles. The van der Waals surface area contributed by atoms with Gasteiger partial charge in [0.2, 0.25) is 5.91 Å². The Morgan fingerprint density at radius 1 is 1.27 bits per heavy atom. The van der Waals surface area contributed by atoms with E-state index in [2.05, 4.69) is 57.4 Å². The fraction of sp³-hybridized carbons (Fsp3) is 0.389. The first-order valence-electron chi connectivity index (χ1n) is 7.86. The third-order valence-corrected chi connectivity index (χ3v) is 4.96. The van der Waals surface area contributed by atoms with Crippen molar-refractivity contribution in [2.24, 2.45) is 0 Å². The fourth-order valence-electron chi connectivity index (χ4n) is 3.01. The van der Waals surface area contributed by atoms with Gasteiger partial charge in [0, 0.05) is 13.1 Å². The molecule has 116 valence electrons. The molecule has 1 aliphatic rings. The van der Waals surface area contributed by atoms with Crippen LogP contribution in [0.25, 0.3) is 0 Å². The molecule has 1 N–H and O–H groups in total. The van der Waals surface area contributed by atoms with Crippen molar-refractivity contribution >= 4 is 17.2 Å². The maximum atomic E-state index is 12.0. The average Bonchev–Trinajstić information content (AvgIpc) is 3.20. The van der Waals surface area contributed by atoms with Gasteiger partial charge in [-0.3, -0.25) is 9.69 Å². The Morgan fingerprint density at radius 2 is 2.14 bits per heavy atom. The van der Waals surface area contributed by atoms with Crippen LogP contribution in [0.15, 0.2) is 47.2 Å². The maximum absolute atomic E-state index is 12.0. The normalized spacial score (nSPS) is 18.5.